The van der Waals surface area contributed by atoms with Gasteiger partial charge >= 0.3 is 6.09 Å². The fourth-order valence-corrected chi connectivity index (χ4v) is 2.64. The Balaban J connectivity index is 2.35. The Labute approximate surface area is 143 Å². The second kappa shape index (κ2) is 7.05. The standard InChI is InChI=1S/C20H25NO3/c1-15(21-18(22)24-19(2,3)4)20(23,16-11-7-5-8-12-16)17-13-9-6-10-14-17/h5-15,23H,1-4H3,(H,21,22). The number of hydrogen-bond donors (Lipinski definition) is 2. The fourth-order valence-electron chi connectivity index (χ4n) is 2.64. The molecule has 0 aliphatic rings. The van der Waals surface area contributed by atoms with E-state index in [0.29, 0.717) is 11.1 Å². The third-order valence-corrected chi connectivity index (χ3v) is 3.79. The van der Waals surface area contributed by atoms with E-state index >= 15 is 0 Å². The summed E-state index contributed by atoms with van der Waals surface area (Å²) in [6.07, 6.45) is -0.555. The van der Waals surface area contributed by atoms with Crippen LogP contribution in [0.2, 0.25) is 0 Å². The minimum absolute atomic E-state index is 0.555. The molecule has 4 heteroatoms. The molecule has 2 aromatic carbocycles. The Bertz CT molecular complexity index is 623. The molecule has 0 spiro atoms. The molecule has 0 bridgehead atoms. The highest BCUT2D eigenvalue weighted by molar-refractivity contribution is 5.68. The lowest BCUT2D eigenvalue weighted by Crippen LogP contribution is -2.50. The van der Waals surface area contributed by atoms with Gasteiger partial charge in [0.15, 0.2) is 0 Å². The molecule has 24 heavy (non-hydrogen) atoms. The van der Waals surface area contributed by atoms with Crippen LogP contribution < -0.4 is 5.32 Å². The number of carbonyl (C=O) groups is 1. The van der Waals surface area contributed by atoms with Crippen LogP contribution in [0.1, 0.15) is 38.8 Å². The zero-order chi connectivity index (χ0) is 17.8. The van der Waals surface area contributed by atoms with E-state index in [9.17, 15) is 9.90 Å². The van der Waals surface area contributed by atoms with Crippen molar-refractivity contribution in [1.82, 2.24) is 5.32 Å². The number of ether oxygens (including phenoxy) is 1. The number of rotatable bonds is 4. The summed E-state index contributed by atoms with van der Waals surface area (Å²) >= 11 is 0. The zero-order valence-corrected chi connectivity index (χ0v) is 14.6. The van der Waals surface area contributed by atoms with E-state index in [2.05, 4.69) is 5.32 Å². The summed E-state index contributed by atoms with van der Waals surface area (Å²) in [4.78, 5) is 12.1. The van der Waals surface area contributed by atoms with Crippen LogP contribution in [0.5, 0.6) is 0 Å². The minimum Gasteiger partial charge on any atom is -0.444 e. The van der Waals surface area contributed by atoms with Crippen molar-refractivity contribution < 1.29 is 14.6 Å². The average molecular weight is 327 g/mol. The monoisotopic (exact) mass is 327 g/mol. The summed E-state index contributed by atoms with van der Waals surface area (Å²) in [7, 11) is 0. The number of nitrogens with one attached hydrogen (secondary N) is 1. The predicted octanol–water partition coefficient (Wildman–Crippen LogP) is 3.84. The van der Waals surface area contributed by atoms with Crippen molar-refractivity contribution in [1.29, 1.82) is 0 Å². The Hall–Kier alpha value is -2.33. The van der Waals surface area contributed by atoms with Gasteiger partial charge in [0, 0.05) is 0 Å². The predicted molar refractivity (Wildman–Crippen MR) is 94.7 cm³/mol. The van der Waals surface area contributed by atoms with Crippen molar-refractivity contribution in [3.63, 3.8) is 0 Å². The molecule has 0 aliphatic carbocycles. The molecule has 0 heterocycles. The topological polar surface area (TPSA) is 58.6 Å². The van der Waals surface area contributed by atoms with Crippen LogP contribution >= 0.6 is 0 Å². The molecule has 0 aromatic heterocycles. The lowest BCUT2D eigenvalue weighted by Gasteiger charge is -2.36. The first-order valence-electron chi connectivity index (χ1n) is 8.06. The van der Waals surface area contributed by atoms with Crippen molar-refractivity contribution in [2.24, 2.45) is 0 Å². The summed E-state index contributed by atoms with van der Waals surface area (Å²) in [6, 6.07) is 18.0. The molecule has 0 fully saturated rings. The Kier molecular flexibility index (Phi) is 5.30. The molecule has 0 radical (unpaired) electrons. The fraction of sp³-hybridized carbons (Fsp3) is 0.350. The van der Waals surface area contributed by atoms with Gasteiger partial charge in [-0.05, 0) is 38.8 Å². The highest BCUT2D eigenvalue weighted by Crippen LogP contribution is 2.33. The lowest BCUT2D eigenvalue weighted by atomic mass is 9.81. The minimum atomic E-state index is -1.36. The number of alkyl carbamates (subject to hydrolysis) is 1. The van der Waals surface area contributed by atoms with Crippen molar-refractivity contribution in [3.05, 3.63) is 71.8 Å². The van der Waals surface area contributed by atoms with Gasteiger partial charge < -0.3 is 15.2 Å². The summed E-state index contributed by atoms with van der Waals surface area (Å²) in [5.74, 6) is 0. The molecular weight excluding hydrogens is 302 g/mol. The van der Waals surface area contributed by atoms with Gasteiger partial charge in [-0.3, -0.25) is 0 Å². The van der Waals surface area contributed by atoms with E-state index < -0.39 is 23.3 Å². The quantitative estimate of drug-likeness (QED) is 0.897. The van der Waals surface area contributed by atoms with Crippen molar-refractivity contribution in [3.8, 4) is 0 Å². The van der Waals surface area contributed by atoms with E-state index in [1.807, 2.05) is 60.7 Å². The number of benzene rings is 2. The molecule has 1 amide bonds. The van der Waals surface area contributed by atoms with E-state index in [1.165, 1.54) is 0 Å². The summed E-state index contributed by atoms with van der Waals surface area (Å²) in [6.45, 7) is 7.18. The third kappa shape index (κ3) is 4.15. The maximum absolute atomic E-state index is 12.1. The normalized spacial score (nSPS) is 13.2. The molecule has 1 unspecified atom stereocenters. The summed E-state index contributed by atoms with van der Waals surface area (Å²) in [5.41, 5.74) is -0.541. The molecule has 2 N–H and O–H groups in total. The average Bonchev–Trinajstić information content (AvgIpc) is 2.53. The van der Waals surface area contributed by atoms with Crippen molar-refractivity contribution in [2.45, 2.75) is 44.9 Å². The van der Waals surface area contributed by atoms with E-state index in [0.717, 1.165) is 0 Å². The summed E-state index contributed by atoms with van der Waals surface area (Å²) < 4.78 is 5.31. The van der Waals surface area contributed by atoms with Crippen LogP contribution in [0.3, 0.4) is 0 Å². The molecule has 0 saturated heterocycles. The Morgan fingerprint density at radius 3 is 1.75 bits per heavy atom. The first-order chi connectivity index (χ1) is 11.2. The number of hydrogen-bond acceptors (Lipinski definition) is 3. The van der Waals surface area contributed by atoms with Gasteiger partial charge in [-0.1, -0.05) is 60.7 Å². The maximum Gasteiger partial charge on any atom is 0.407 e. The molecule has 0 aliphatic heterocycles. The Morgan fingerprint density at radius 2 is 1.38 bits per heavy atom. The van der Waals surface area contributed by atoms with Crippen LogP contribution in [0.25, 0.3) is 0 Å². The molecule has 2 rings (SSSR count). The SMILES string of the molecule is CC(NC(=O)OC(C)(C)C)C(O)(c1ccccc1)c1ccccc1. The number of aliphatic hydroxyl groups is 1. The second-order valence-corrected chi connectivity index (χ2v) is 6.87. The lowest BCUT2D eigenvalue weighted by molar-refractivity contribution is 0.0210. The second-order valence-electron chi connectivity index (χ2n) is 6.87. The third-order valence-electron chi connectivity index (χ3n) is 3.79. The smallest absolute Gasteiger partial charge is 0.407 e. The largest absolute Gasteiger partial charge is 0.444 e. The highest BCUT2D eigenvalue weighted by atomic mass is 16.6. The molecule has 128 valence electrons. The van der Waals surface area contributed by atoms with Crippen LogP contribution in [-0.2, 0) is 10.3 Å². The van der Waals surface area contributed by atoms with Gasteiger partial charge in [-0.25, -0.2) is 4.79 Å². The van der Waals surface area contributed by atoms with Gasteiger partial charge in [0.25, 0.3) is 0 Å². The summed E-state index contributed by atoms with van der Waals surface area (Å²) in [5, 5.41) is 14.3. The van der Waals surface area contributed by atoms with E-state index in [-0.39, 0.29) is 0 Å². The van der Waals surface area contributed by atoms with E-state index in [1.54, 1.807) is 27.7 Å². The highest BCUT2D eigenvalue weighted by Gasteiger charge is 2.39. The Morgan fingerprint density at radius 1 is 0.958 bits per heavy atom. The van der Waals surface area contributed by atoms with E-state index in [4.69, 9.17) is 4.74 Å². The first kappa shape index (κ1) is 18.0. The van der Waals surface area contributed by atoms with Crippen LogP contribution in [0.4, 0.5) is 4.79 Å². The zero-order valence-electron chi connectivity index (χ0n) is 14.6. The van der Waals surface area contributed by atoms with Gasteiger partial charge in [0.05, 0.1) is 6.04 Å². The molecule has 4 nitrogen and oxygen atoms in total. The molecule has 0 saturated carbocycles. The van der Waals surface area contributed by atoms with Gasteiger partial charge in [0.1, 0.15) is 11.2 Å². The maximum atomic E-state index is 12.1. The van der Waals surface area contributed by atoms with Crippen LogP contribution in [0, 0.1) is 0 Å². The van der Waals surface area contributed by atoms with Crippen LogP contribution in [0.15, 0.2) is 60.7 Å². The van der Waals surface area contributed by atoms with Crippen molar-refractivity contribution >= 4 is 6.09 Å². The van der Waals surface area contributed by atoms with Gasteiger partial charge in [0.2, 0.25) is 0 Å². The number of carbonyl (C=O) groups excluding carboxylic acids is 1. The van der Waals surface area contributed by atoms with Gasteiger partial charge in [-0.2, -0.15) is 0 Å². The number of amides is 1. The van der Waals surface area contributed by atoms with Gasteiger partial charge in [-0.15, -0.1) is 0 Å². The van der Waals surface area contributed by atoms with Crippen LogP contribution in [-0.4, -0.2) is 22.8 Å². The van der Waals surface area contributed by atoms with Crippen molar-refractivity contribution in [2.75, 3.05) is 0 Å². The molecule has 1 atom stereocenters. The molecular formula is C20H25NO3. The first-order valence-corrected chi connectivity index (χ1v) is 8.06. The molecule has 2 aromatic rings.